The van der Waals surface area contributed by atoms with E-state index in [1.165, 1.54) is 0 Å². The second-order valence-electron chi connectivity index (χ2n) is 4.80. The van der Waals surface area contributed by atoms with Crippen molar-refractivity contribution >= 4 is 5.82 Å². The summed E-state index contributed by atoms with van der Waals surface area (Å²) in [6, 6.07) is 6.13. The first-order valence-corrected chi connectivity index (χ1v) is 6.31. The first kappa shape index (κ1) is 11.9. The summed E-state index contributed by atoms with van der Waals surface area (Å²) in [5.41, 5.74) is 0.403. The van der Waals surface area contributed by atoms with Crippen LogP contribution in [-0.4, -0.2) is 36.5 Å². The van der Waals surface area contributed by atoms with Crippen molar-refractivity contribution in [3.05, 3.63) is 17.3 Å². The fourth-order valence-corrected chi connectivity index (χ4v) is 2.60. The molecule has 1 fully saturated rings. The molecule has 2 aliphatic rings. The molecule has 2 heterocycles. The van der Waals surface area contributed by atoms with Crippen LogP contribution < -0.4 is 4.90 Å². The Balaban J connectivity index is 1.95. The SMILES string of the molecule is N#CC1(C#N)CCc2cc(N3CCOCC3)nnc21. The molecule has 19 heavy (non-hydrogen) atoms. The van der Waals surface area contributed by atoms with Gasteiger partial charge in [0.15, 0.2) is 11.2 Å². The summed E-state index contributed by atoms with van der Waals surface area (Å²) in [6.07, 6.45) is 1.22. The molecule has 0 amide bonds. The van der Waals surface area contributed by atoms with E-state index in [-0.39, 0.29) is 0 Å². The van der Waals surface area contributed by atoms with Crippen molar-refractivity contribution in [3.63, 3.8) is 0 Å². The van der Waals surface area contributed by atoms with Gasteiger partial charge in [0.05, 0.1) is 25.4 Å². The molecule has 1 aliphatic heterocycles. The molecule has 0 aromatic carbocycles. The maximum atomic E-state index is 9.21. The lowest BCUT2D eigenvalue weighted by Gasteiger charge is -2.27. The number of aromatic nitrogens is 2. The van der Waals surface area contributed by atoms with Crippen LogP contribution in [0.25, 0.3) is 0 Å². The van der Waals surface area contributed by atoms with Crippen molar-refractivity contribution in [2.45, 2.75) is 18.3 Å². The van der Waals surface area contributed by atoms with E-state index in [0.717, 1.165) is 24.5 Å². The van der Waals surface area contributed by atoms with E-state index in [2.05, 4.69) is 27.2 Å². The van der Waals surface area contributed by atoms with Gasteiger partial charge in [-0.15, -0.1) is 5.10 Å². The molecule has 96 valence electrons. The van der Waals surface area contributed by atoms with Crippen LogP contribution in [0, 0.1) is 22.7 Å². The lowest BCUT2D eigenvalue weighted by Crippen LogP contribution is -2.37. The summed E-state index contributed by atoms with van der Waals surface area (Å²) in [5, 5.41) is 26.8. The Morgan fingerprint density at radius 3 is 2.63 bits per heavy atom. The quantitative estimate of drug-likeness (QED) is 0.728. The minimum absolute atomic E-state index is 0.510. The van der Waals surface area contributed by atoms with Crippen LogP contribution in [0.2, 0.25) is 0 Å². The summed E-state index contributed by atoms with van der Waals surface area (Å²) >= 11 is 0. The van der Waals surface area contributed by atoms with Gasteiger partial charge in [0.1, 0.15) is 5.69 Å². The van der Waals surface area contributed by atoms with Crippen LogP contribution in [0.5, 0.6) is 0 Å². The normalized spacial score (nSPS) is 20.4. The predicted octanol–water partition coefficient (Wildman–Crippen LogP) is 0.544. The van der Waals surface area contributed by atoms with E-state index in [4.69, 9.17) is 4.74 Å². The van der Waals surface area contributed by atoms with Gasteiger partial charge >= 0.3 is 0 Å². The number of fused-ring (bicyclic) bond motifs is 1. The number of nitriles is 2. The number of rotatable bonds is 1. The Morgan fingerprint density at radius 1 is 1.21 bits per heavy atom. The molecule has 1 aromatic rings. The lowest BCUT2D eigenvalue weighted by atomic mass is 9.89. The highest BCUT2D eigenvalue weighted by molar-refractivity contribution is 5.50. The number of nitrogens with zero attached hydrogens (tertiary/aromatic N) is 5. The highest BCUT2D eigenvalue weighted by Crippen LogP contribution is 2.37. The summed E-state index contributed by atoms with van der Waals surface area (Å²) in [7, 11) is 0. The number of hydrogen-bond acceptors (Lipinski definition) is 6. The molecule has 1 aromatic heterocycles. The van der Waals surface area contributed by atoms with Gasteiger partial charge in [-0.2, -0.15) is 15.6 Å². The van der Waals surface area contributed by atoms with Gasteiger partial charge in [0, 0.05) is 13.1 Å². The van der Waals surface area contributed by atoms with Gasteiger partial charge in [-0.05, 0) is 24.5 Å². The second kappa shape index (κ2) is 4.49. The maximum absolute atomic E-state index is 9.21. The fourth-order valence-electron chi connectivity index (χ4n) is 2.60. The molecule has 6 nitrogen and oxygen atoms in total. The first-order valence-electron chi connectivity index (χ1n) is 6.31. The van der Waals surface area contributed by atoms with E-state index in [1.807, 2.05) is 6.07 Å². The maximum Gasteiger partial charge on any atom is 0.187 e. The molecule has 3 rings (SSSR count). The summed E-state index contributed by atoms with van der Waals surface area (Å²) in [6.45, 7) is 2.99. The van der Waals surface area contributed by atoms with Gasteiger partial charge in [-0.25, -0.2) is 0 Å². The highest BCUT2D eigenvalue weighted by Gasteiger charge is 2.42. The summed E-state index contributed by atoms with van der Waals surface area (Å²) in [5.74, 6) is 0.814. The van der Waals surface area contributed by atoms with E-state index < -0.39 is 5.41 Å². The van der Waals surface area contributed by atoms with Gasteiger partial charge in [0.2, 0.25) is 0 Å². The van der Waals surface area contributed by atoms with Gasteiger partial charge in [-0.1, -0.05) is 0 Å². The molecule has 0 radical (unpaired) electrons. The van der Waals surface area contributed by atoms with Crippen LogP contribution in [-0.2, 0) is 16.6 Å². The number of ether oxygens (including phenoxy) is 1. The standard InChI is InChI=1S/C13H13N5O/c14-8-13(9-15)2-1-10-7-11(16-17-12(10)13)18-3-5-19-6-4-18/h7H,1-6H2. The Hall–Kier alpha value is -2.18. The average molecular weight is 255 g/mol. The smallest absolute Gasteiger partial charge is 0.187 e. The number of hydrogen-bond donors (Lipinski definition) is 0. The minimum Gasteiger partial charge on any atom is -0.378 e. The molecule has 1 saturated heterocycles. The van der Waals surface area contributed by atoms with Crippen LogP contribution in [0.3, 0.4) is 0 Å². The van der Waals surface area contributed by atoms with E-state index in [1.54, 1.807) is 0 Å². The molecule has 1 aliphatic carbocycles. The second-order valence-corrected chi connectivity index (χ2v) is 4.80. The third-order valence-corrected chi connectivity index (χ3v) is 3.75. The first-order chi connectivity index (χ1) is 9.29. The molecular formula is C13H13N5O. The summed E-state index contributed by atoms with van der Waals surface area (Å²) in [4.78, 5) is 2.12. The van der Waals surface area contributed by atoms with Crippen molar-refractivity contribution < 1.29 is 4.74 Å². The number of anilines is 1. The topological polar surface area (TPSA) is 85.8 Å². The Kier molecular flexibility index (Phi) is 2.81. The number of morpholine rings is 1. The zero-order chi connectivity index (χ0) is 13.3. The van der Waals surface area contributed by atoms with Crippen LogP contribution in [0.4, 0.5) is 5.82 Å². The lowest BCUT2D eigenvalue weighted by molar-refractivity contribution is 0.122. The van der Waals surface area contributed by atoms with Gasteiger partial charge in [0.25, 0.3) is 0 Å². The zero-order valence-electron chi connectivity index (χ0n) is 10.5. The molecule has 0 bridgehead atoms. The minimum atomic E-state index is -1.11. The summed E-state index contributed by atoms with van der Waals surface area (Å²) < 4.78 is 5.31. The number of aryl methyl sites for hydroxylation is 1. The van der Waals surface area contributed by atoms with E-state index in [0.29, 0.717) is 31.7 Å². The molecular weight excluding hydrogens is 242 g/mol. The molecule has 0 spiro atoms. The van der Waals surface area contributed by atoms with Crippen LogP contribution in [0.1, 0.15) is 17.7 Å². The molecule has 0 atom stereocenters. The van der Waals surface area contributed by atoms with E-state index >= 15 is 0 Å². The monoisotopic (exact) mass is 255 g/mol. The third kappa shape index (κ3) is 1.81. The predicted molar refractivity (Wildman–Crippen MR) is 66.3 cm³/mol. The van der Waals surface area contributed by atoms with Gasteiger partial charge < -0.3 is 9.64 Å². The van der Waals surface area contributed by atoms with Crippen molar-refractivity contribution in [3.8, 4) is 12.1 Å². The Bertz CT molecular complexity index is 566. The van der Waals surface area contributed by atoms with Crippen molar-refractivity contribution in [1.82, 2.24) is 10.2 Å². The average Bonchev–Trinajstić information content (AvgIpc) is 2.86. The Labute approximate surface area is 111 Å². The zero-order valence-corrected chi connectivity index (χ0v) is 10.5. The van der Waals surface area contributed by atoms with Gasteiger partial charge in [-0.3, -0.25) is 0 Å². The van der Waals surface area contributed by atoms with Crippen molar-refractivity contribution in [2.75, 3.05) is 31.2 Å². The highest BCUT2D eigenvalue weighted by atomic mass is 16.5. The molecule has 0 N–H and O–H groups in total. The van der Waals surface area contributed by atoms with Crippen LogP contribution >= 0.6 is 0 Å². The molecule has 0 unspecified atom stereocenters. The molecule has 0 saturated carbocycles. The largest absolute Gasteiger partial charge is 0.378 e. The van der Waals surface area contributed by atoms with E-state index in [9.17, 15) is 10.5 Å². The van der Waals surface area contributed by atoms with Crippen LogP contribution in [0.15, 0.2) is 6.07 Å². The third-order valence-electron chi connectivity index (χ3n) is 3.75. The Morgan fingerprint density at radius 2 is 1.95 bits per heavy atom. The van der Waals surface area contributed by atoms with Crippen molar-refractivity contribution in [2.24, 2.45) is 0 Å². The van der Waals surface area contributed by atoms with Crippen molar-refractivity contribution in [1.29, 1.82) is 10.5 Å². The molecule has 6 heteroatoms. The fraction of sp³-hybridized carbons (Fsp3) is 0.538.